The molecule has 0 radical (unpaired) electrons. The van der Waals surface area contributed by atoms with Gasteiger partial charge in [-0.15, -0.1) is 23.1 Å². The Morgan fingerprint density at radius 1 is 1.30 bits per heavy atom. The summed E-state index contributed by atoms with van der Waals surface area (Å²) in [5.74, 6) is 1.23. The Labute approximate surface area is 145 Å². The first-order chi connectivity index (χ1) is 11.2. The van der Waals surface area contributed by atoms with Gasteiger partial charge in [0.2, 0.25) is 5.91 Å². The molecule has 0 saturated heterocycles. The van der Waals surface area contributed by atoms with Crippen molar-refractivity contribution in [3.63, 3.8) is 0 Å². The van der Waals surface area contributed by atoms with Crippen molar-refractivity contribution in [3.05, 3.63) is 57.8 Å². The van der Waals surface area contributed by atoms with Crippen LogP contribution in [0.5, 0.6) is 0 Å². The number of rotatable bonds is 6. The van der Waals surface area contributed by atoms with Crippen molar-refractivity contribution in [2.45, 2.75) is 30.6 Å². The Hall–Kier alpha value is -1.30. The maximum Gasteiger partial charge on any atom is 0.230 e. The molecule has 3 rings (SSSR count). The minimum absolute atomic E-state index is 0.0123. The van der Waals surface area contributed by atoms with Crippen molar-refractivity contribution in [2.75, 3.05) is 12.3 Å². The standard InChI is InChI=1S/C18H21NO2S2/c20-17(12-22-11-14-5-2-1-3-6-14)19-13-18(21)9-4-7-16-15(18)8-10-23-16/h1-3,5-6,8,10,21H,4,7,9,11-13H2,(H,19,20). The number of thioether (sulfide) groups is 1. The fourth-order valence-electron chi connectivity index (χ4n) is 2.94. The van der Waals surface area contributed by atoms with Crippen LogP contribution in [0.25, 0.3) is 0 Å². The summed E-state index contributed by atoms with van der Waals surface area (Å²) in [6.07, 6.45) is 2.73. The molecule has 0 saturated carbocycles. The normalized spacial score (nSPS) is 20.0. The van der Waals surface area contributed by atoms with Crippen molar-refractivity contribution in [1.82, 2.24) is 5.32 Å². The third kappa shape index (κ3) is 4.16. The number of benzene rings is 1. The minimum Gasteiger partial charge on any atom is -0.383 e. The van der Waals surface area contributed by atoms with Gasteiger partial charge in [0.05, 0.1) is 12.3 Å². The van der Waals surface area contributed by atoms with Crippen LogP contribution in [0.15, 0.2) is 41.8 Å². The van der Waals surface area contributed by atoms with Crippen LogP contribution in [0.4, 0.5) is 0 Å². The fourth-order valence-corrected chi connectivity index (χ4v) is 4.77. The maximum absolute atomic E-state index is 12.0. The largest absolute Gasteiger partial charge is 0.383 e. The second-order valence-electron chi connectivity index (χ2n) is 5.90. The maximum atomic E-state index is 12.0. The molecule has 1 atom stereocenters. The Balaban J connectivity index is 1.46. The van der Waals surface area contributed by atoms with E-state index in [-0.39, 0.29) is 5.91 Å². The summed E-state index contributed by atoms with van der Waals surface area (Å²) in [6, 6.07) is 12.1. The molecular weight excluding hydrogens is 326 g/mol. The van der Waals surface area contributed by atoms with E-state index in [2.05, 4.69) is 17.4 Å². The van der Waals surface area contributed by atoms with E-state index < -0.39 is 5.60 Å². The van der Waals surface area contributed by atoms with E-state index >= 15 is 0 Å². The zero-order valence-corrected chi connectivity index (χ0v) is 14.6. The fraction of sp³-hybridized carbons (Fsp3) is 0.389. The number of fused-ring (bicyclic) bond motifs is 1. The number of hydrogen-bond acceptors (Lipinski definition) is 4. The number of carbonyl (C=O) groups excluding carboxylic acids is 1. The smallest absolute Gasteiger partial charge is 0.230 e. The summed E-state index contributed by atoms with van der Waals surface area (Å²) in [5, 5.41) is 15.8. The number of thiophene rings is 1. The Bertz CT molecular complexity index is 656. The molecule has 1 aliphatic rings. The van der Waals surface area contributed by atoms with E-state index in [9.17, 15) is 9.90 Å². The van der Waals surface area contributed by atoms with Gasteiger partial charge in [0.1, 0.15) is 5.60 Å². The highest BCUT2D eigenvalue weighted by Crippen LogP contribution is 2.37. The molecule has 0 spiro atoms. The molecule has 1 aliphatic carbocycles. The quantitative estimate of drug-likeness (QED) is 0.843. The molecule has 3 nitrogen and oxygen atoms in total. The van der Waals surface area contributed by atoms with E-state index in [1.165, 1.54) is 10.4 Å². The van der Waals surface area contributed by atoms with Gasteiger partial charge < -0.3 is 10.4 Å². The Morgan fingerprint density at radius 3 is 2.96 bits per heavy atom. The number of amides is 1. The van der Waals surface area contributed by atoms with E-state index in [1.54, 1.807) is 23.1 Å². The molecule has 122 valence electrons. The molecule has 2 N–H and O–H groups in total. The number of carbonyl (C=O) groups is 1. The van der Waals surface area contributed by atoms with Crippen LogP contribution < -0.4 is 5.32 Å². The lowest BCUT2D eigenvalue weighted by Crippen LogP contribution is -2.43. The predicted molar refractivity (Wildman–Crippen MR) is 96.8 cm³/mol. The molecule has 1 amide bonds. The lowest BCUT2D eigenvalue weighted by molar-refractivity contribution is -0.120. The zero-order chi connectivity index (χ0) is 16.1. The van der Waals surface area contributed by atoms with E-state index in [4.69, 9.17) is 0 Å². The van der Waals surface area contributed by atoms with E-state index in [0.717, 1.165) is 24.2 Å². The van der Waals surface area contributed by atoms with Crippen LogP contribution in [0, 0.1) is 0 Å². The molecule has 5 heteroatoms. The summed E-state index contributed by atoms with van der Waals surface area (Å²) in [4.78, 5) is 13.3. The van der Waals surface area contributed by atoms with E-state index in [0.29, 0.717) is 18.7 Å². The van der Waals surface area contributed by atoms with Crippen molar-refractivity contribution >= 4 is 29.0 Å². The van der Waals surface area contributed by atoms with Gasteiger partial charge in [0.15, 0.2) is 0 Å². The number of hydrogen-bond donors (Lipinski definition) is 2. The van der Waals surface area contributed by atoms with Crippen molar-refractivity contribution < 1.29 is 9.90 Å². The van der Waals surface area contributed by atoms with E-state index in [1.807, 2.05) is 29.6 Å². The summed E-state index contributed by atoms with van der Waals surface area (Å²) in [7, 11) is 0. The summed E-state index contributed by atoms with van der Waals surface area (Å²) < 4.78 is 0. The molecule has 0 aliphatic heterocycles. The molecule has 1 aromatic heterocycles. The highest BCUT2D eigenvalue weighted by molar-refractivity contribution is 7.99. The molecule has 2 aromatic rings. The van der Waals surface area contributed by atoms with Crippen LogP contribution in [0.3, 0.4) is 0 Å². The van der Waals surface area contributed by atoms with Crippen molar-refractivity contribution in [3.8, 4) is 0 Å². The van der Waals surface area contributed by atoms with Crippen LogP contribution in [0.2, 0.25) is 0 Å². The molecule has 0 bridgehead atoms. The van der Waals surface area contributed by atoms with Gasteiger partial charge in [-0.25, -0.2) is 0 Å². The zero-order valence-electron chi connectivity index (χ0n) is 13.0. The van der Waals surface area contributed by atoms with Crippen LogP contribution in [-0.4, -0.2) is 23.3 Å². The van der Waals surface area contributed by atoms with Crippen LogP contribution in [0.1, 0.15) is 28.8 Å². The number of aryl methyl sites for hydroxylation is 1. The molecule has 1 heterocycles. The first-order valence-electron chi connectivity index (χ1n) is 7.85. The van der Waals surface area contributed by atoms with Gasteiger partial charge >= 0.3 is 0 Å². The van der Waals surface area contributed by atoms with Gasteiger partial charge in [0.25, 0.3) is 0 Å². The summed E-state index contributed by atoms with van der Waals surface area (Å²) >= 11 is 3.29. The molecular formula is C18H21NO2S2. The molecule has 1 unspecified atom stereocenters. The third-order valence-electron chi connectivity index (χ3n) is 4.16. The first-order valence-corrected chi connectivity index (χ1v) is 9.88. The summed E-state index contributed by atoms with van der Waals surface area (Å²) in [6.45, 7) is 0.307. The molecule has 23 heavy (non-hydrogen) atoms. The van der Waals surface area contributed by atoms with Crippen LogP contribution in [-0.2, 0) is 22.6 Å². The van der Waals surface area contributed by atoms with Crippen molar-refractivity contribution in [1.29, 1.82) is 0 Å². The van der Waals surface area contributed by atoms with Gasteiger partial charge in [-0.3, -0.25) is 4.79 Å². The first kappa shape index (κ1) is 16.6. The SMILES string of the molecule is O=C(CSCc1ccccc1)NCC1(O)CCCc2sccc21. The van der Waals surface area contributed by atoms with Gasteiger partial charge in [-0.05, 0) is 41.8 Å². The average Bonchev–Trinajstić information content (AvgIpc) is 3.05. The second-order valence-corrected chi connectivity index (χ2v) is 7.88. The highest BCUT2D eigenvalue weighted by atomic mass is 32.2. The van der Waals surface area contributed by atoms with Crippen molar-refractivity contribution in [2.24, 2.45) is 0 Å². The van der Waals surface area contributed by atoms with Crippen LogP contribution >= 0.6 is 23.1 Å². The third-order valence-corrected chi connectivity index (χ3v) is 6.15. The second kappa shape index (κ2) is 7.51. The molecule has 0 fully saturated rings. The highest BCUT2D eigenvalue weighted by Gasteiger charge is 2.35. The minimum atomic E-state index is -0.895. The lowest BCUT2D eigenvalue weighted by atomic mass is 9.83. The monoisotopic (exact) mass is 347 g/mol. The van der Waals surface area contributed by atoms with Gasteiger partial charge in [-0.2, -0.15) is 0 Å². The Morgan fingerprint density at radius 2 is 2.13 bits per heavy atom. The lowest BCUT2D eigenvalue weighted by Gasteiger charge is -2.32. The Kier molecular flexibility index (Phi) is 5.41. The number of nitrogens with one attached hydrogen (secondary N) is 1. The summed E-state index contributed by atoms with van der Waals surface area (Å²) in [5.41, 5.74) is 1.33. The average molecular weight is 348 g/mol. The molecule has 1 aromatic carbocycles. The predicted octanol–water partition coefficient (Wildman–Crippen LogP) is 3.32. The topological polar surface area (TPSA) is 49.3 Å². The van der Waals surface area contributed by atoms with Gasteiger partial charge in [-0.1, -0.05) is 30.3 Å². The van der Waals surface area contributed by atoms with Gasteiger partial charge in [0, 0.05) is 10.6 Å². The number of aliphatic hydroxyl groups is 1.